The maximum Gasteiger partial charge on any atom is 0.335 e. The molecular weight excluding hydrogens is 457 g/mol. The number of aromatic carboxylic acids is 1. The molecule has 2 atom stereocenters. The van der Waals surface area contributed by atoms with E-state index in [1.54, 1.807) is 32.0 Å². The number of aliphatic hydroxyl groups is 1. The van der Waals surface area contributed by atoms with Crippen LogP contribution in [0.1, 0.15) is 59.5 Å². The van der Waals surface area contributed by atoms with E-state index in [0.717, 1.165) is 22.3 Å². The summed E-state index contributed by atoms with van der Waals surface area (Å²) in [6.45, 7) is 10.0. The first-order valence-corrected chi connectivity index (χ1v) is 12.2. The molecule has 0 aliphatic rings. The highest BCUT2D eigenvalue weighted by Crippen LogP contribution is 2.31. The molecule has 3 aromatic carbocycles. The summed E-state index contributed by atoms with van der Waals surface area (Å²) >= 11 is 0. The summed E-state index contributed by atoms with van der Waals surface area (Å²) in [5.41, 5.74) is 5.01. The summed E-state index contributed by atoms with van der Waals surface area (Å²) < 4.78 is 19.9. The number of hydrogen-bond donors (Lipinski definition) is 3. The summed E-state index contributed by atoms with van der Waals surface area (Å²) in [7, 11) is 0. The zero-order chi connectivity index (χ0) is 26.5. The van der Waals surface area contributed by atoms with Crippen LogP contribution >= 0.6 is 0 Å². The zero-order valence-electron chi connectivity index (χ0n) is 21.6. The van der Waals surface area contributed by atoms with Crippen LogP contribution in [0.5, 0.6) is 0 Å². The molecule has 0 saturated heterocycles. The lowest BCUT2D eigenvalue weighted by molar-refractivity contribution is -0.00397. The number of hydrogen-bond acceptors (Lipinski definition) is 4. The van der Waals surface area contributed by atoms with Crippen molar-refractivity contribution in [3.8, 4) is 11.1 Å². The van der Waals surface area contributed by atoms with Gasteiger partial charge in [-0.3, -0.25) is 0 Å². The number of carbonyl (C=O) groups is 1. The van der Waals surface area contributed by atoms with Gasteiger partial charge >= 0.3 is 5.97 Å². The van der Waals surface area contributed by atoms with E-state index < -0.39 is 12.1 Å². The van der Waals surface area contributed by atoms with Gasteiger partial charge in [-0.2, -0.15) is 0 Å². The molecule has 0 spiro atoms. The topological polar surface area (TPSA) is 78.8 Å². The smallest absolute Gasteiger partial charge is 0.335 e. The molecule has 0 aliphatic carbocycles. The van der Waals surface area contributed by atoms with Crippen molar-refractivity contribution in [2.24, 2.45) is 0 Å². The second kappa shape index (κ2) is 11.8. The normalized spacial score (nSPS) is 13.4. The van der Waals surface area contributed by atoms with Crippen LogP contribution in [0.3, 0.4) is 0 Å². The van der Waals surface area contributed by atoms with Gasteiger partial charge in [-0.05, 0) is 86.6 Å². The Kier molecular flexibility index (Phi) is 9.01. The maximum atomic E-state index is 13.9. The molecule has 0 heterocycles. The Balaban J connectivity index is 1.59. The molecule has 0 amide bonds. The molecule has 0 aliphatic heterocycles. The number of carboxylic acids is 1. The largest absolute Gasteiger partial charge is 0.478 e. The van der Waals surface area contributed by atoms with Gasteiger partial charge in [0.05, 0.1) is 24.4 Å². The van der Waals surface area contributed by atoms with E-state index in [1.807, 2.05) is 63.2 Å². The summed E-state index contributed by atoms with van der Waals surface area (Å²) in [6.07, 6.45) is -0.369. The summed E-state index contributed by atoms with van der Waals surface area (Å²) in [5, 5.41) is 23.2. The minimum Gasteiger partial charge on any atom is -0.478 e. The van der Waals surface area contributed by atoms with Crippen LogP contribution in [0.4, 0.5) is 4.39 Å². The molecule has 0 bridgehead atoms. The number of benzene rings is 3. The van der Waals surface area contributed by atoms with Gasteiger partial charge in [-0.25, -0.2) is 9.18 Å². The van der Waals surface area contributed by atoms with E-state index in [9.17, 15) is 19.4 Å². The summed E-state index contributed by atoms with van der Waals surface area (Å²) in [4.78, 5) is 11.4. The van der Waals surface area contributed by atoms with Crippen molar-refractivity contribution in [1.82, 2.24) is 5.32 Å². The molecule has 3 aromatic rings. The molecule has 36 heavy (non-hydrogen) atoms. The molecule has 0 aromatic heterocycles. The number of ether oxygens (including phenoxy) is 1. The van der Waals surface area contributed by atoms with Gasteiger partial charge in [0.25, 0.3) is 0 Å². The Hall–Kier alpha value is -3.06. The van der Waals surface area contributed by atoms with Crippen LogP contribution in [0, 0.1) is 19.7 Å². The Morgan fingerprint density at radius 2 is 1.78 bits per heavy atom. The van der Waals surface area contributed by atoms with Crippen molar-refractivity contribution in [1.29, 1.82) is 0 Å². The number of aryl methyl sites for hydroxylation is 2. The SMILES string of the molecule is Cc1ccc(CC(C)(C)NC[C@@H](O)CO[C@H](C)c2ccccc2-c2ccc(C(=O)O)c(C)c2)cc1F. The predicted octanol–water partition coefficient (Wildman–Crippen LogP) is 5.86. The van der Waals surface area contributed by atoms with E-state index in [2.05, 4.69) is 5.32 Å². The number of rotatable bonds is 11. The van der Waals surface area contributed by atoms with Crippen LogP contribution in [0.15, 0.2) is 60.7 Å². The van der Waals surface area contributed by atoms with Gasteiger partial charge in [0.2, 0.25) is 0 Å². The highest BCUT2D eigenvalue weighted by atomic mass is 19.1. The fourth-order valence-electron chi connectivity index (χ4n) is 4.30. The van der Waals surface area contributed by atoms with Gasteiger partial charge in [0, 0.05) is 12.1 Å². The van der Waals surface area contributed by atoms with Crippen LogP contribution in [0.2, 0.25) is 0 Å². The number of carboxylic acid groups (broad SMARTS) is 1. The molecular formula is C30H36FNO4. The third-order valence-corrected chi connectivity index (χ3v) is 6.40. The van der Waals surface area contributed by atoms with E-state index in [4.69, 9.17) is 4.74 Å². The molecule has 3 N–H and O–H groups in total. The maximum absolute atomic E-state index is 13.9. The predicted molar refractivity (Wildman–Crippen MR) is 141 cm³/mol. The molecule has 6 heteroatoms. The first-order valence-electron chi connectivity index (χ1n) is 12.2. The average molecular weight is 494 g/mol. The monoisotopic (exact) mass is 493 g/mol. The minimum absolute atomic E-state index is 0.148. The fraction of sp³-hybridized carbons (Fsp3) is 0.367. The van der Waals surface area contributed by atoms with E-state index in [-0.39, 0.29) is 29.6 Å². The average Bonchev–Trinajstić information content (AvgIpc) is 2.83. The molecule has 0 saturated carbocycles. The first kappa shape index (κ1) is 27.5. The first-order chi connectivity index (χ1) is 17.0. The van der Waals surface area contributed by atoms with Crippen molar-refractivity contribution >= 4 is 5.97 Å². The number of nitrogens with one attached hydrogen (secondary N) is 1. The van der Waals surface area contributed by atoms with Gasteiger partial charge in [-0.1, -0.05) is 48.5 Å². The van der Waals surface area contributed by atoms with Gasteiger partial charge < -0.3 is 20.3 Å². The molecule has 5 nitrogen and oxygen atoms in total. The van der Waals surface area contributed by atoms with Crippen LogP contribution in [-0.2, 0) is 11.2 Å². The Bertz CT molecular complexity index is 1210. The second-order valence-corrected chi connectivity index (χ2v) is 10.1. The lowest BCUT2D eigenvalue weighted by atomic mass is 9.94. The third kappa shape index (κ3) is 7.23. The van der Waals surface area contributed by atoms with Crippen LogP contribution < -0.4 is 5.32 Å². The number of halogens is 1. The minimum atomic E-state index is -0.944. The quantitative estimate of drug-likeness (QED) is 0.312. The molecule has 3 rings (SSSR count). The van der Waals surface area contributed by atoms with Crippen LogP contribution in [-0.4, -0.2) is 41.0 Å². The van der Waals surface area contributed by atoms with Crippen molar-refractivity contribution < 1.29 is 24.1 Å². The van der Waals surface area contributed by atoms with E-state index in [1.165, 1.54) is 0 Å². The van der Waals surface area contributed by atoms with Gasteiger partial charge in [0.1, 0.15) is 5.82 Å². The zero-order valence-corrected chi connectivity index (χ0v) is 21.6. The lowest BCUT2D eigenvalue weighted by Gasteiger charge is -2.28. The second-order valence-electron chi connectivity index (χ2n) is 10.1. The van der Waals surface area contributed by atoms with E-state index >= 15 is 0 Å². The molecule has 0 fully saturated rings. The molecule has 0 unspecified atom stereocenters. The van der Waals surface area contributed by atoms with Gasteiger partial charge in [0.15, 0.2) is 0 Å². The Labute approximate surface area is 213 Å². The van der Waals surface area contributed by atoms with Crippen molar-refractivity contribution in [3.05, 3.63) is 94.3 Å². The Morgan fingerprint density at radius 3 is 2.44 bits per heavy atom. The highest BCUT2D eigenvalue weighted by molar-refractivity contribution is 5.90. The standard InChI is InChI=1S/C30H36FNO4/c1-19-10-11-22(15-28(19)31)16-30(4,5)32-17-24(33)18-36-21(3)26-8-6-7-9-27(26)23-12-13-25(29(34)35)20(2)14-23/h6-15,21,24,32-33H,16-18H2,1-5H3,(H,34,35)/t21-,24-/m1/s1. The number of β-amino-alcohol motifs (C(OH)–C–C–N with tert-alkyl or cyclic N) is 1. The fourth-order valence-corrected chi connectivity index (χ4v) is 4.30. The molecule has 192 valence electrons. The van der Waals surface area contributed by atoms with Crippen molar-refractivity contribution in [2.45, 2.75) is 58.8 Å². The molecule has 0 radical (unpaired) electrons. The summed E-state index contributed by atoms with van der Waals surface area (Å²) in [5.74, 6) is -1.15. The Morgan fingerprint density at radius 1 is 1.06 bits per heavy atom. The van der Waals surface area contributed by atoms with Crippen LogP contribution in [0.25, 0.3) is 11.1 Å². The van der Waals surface area contributed by atoms with Crippen molar-refractivity contribution in [2.75, 3.05) is 13.2 Å². The highest BCUT2D eigenvalue weighted by Gasteiger charge is 2.21. The van der Waals surface area contributed by atoms with Gasteiger partial charge in [-0.15, -0.1) is 0 Å². The lowest BCUT2D eigenvalue weighted by Crippen LogP contribution is -2.46. The third-order valence-electron chi connectivity index (χ3n) is 6.40. The van der Waals surface area contributed by atoms with Crippen molar-refractivity contribution in [3.63, 3.8) is 0 Å². The summed E-state index contributed by atoms with van der Waals surface area (Å²) in [6, 6.07) is 18.4. The van der Waals surface area contributed by atoms with E-state index in [0.29, 0.717) is 24.1 Å². The number of aliphatic hydroxyl groups excluding tert-OH is 1.